The second-order valence-electron chi connectivity index (χ2n) is 8.50. The van der Waals surface area contributed by atoms with Gasteiger partial charge in [0.2, 0.25) is 0 Å². The molecule has 0 N–H and O–H groups in total. The molecule has 0 saturated heterocycles. The van der Waals surface area contributed by atoms with E-state index >= 15 is 0 Å². The van der Waals surface area contributed by atoms with Gasteiger partial charge in [-0.25, -0.2) is 0 Å². The molecule has 0 amide bonds. The largest absolute Gasteiger partial charge is 0.489 e. The number of ether oxygens (including phenoxy) is 1. The van der Waals surface area contributed by atoms with Crippen LogP contribution >= 0.6 is 0 Å². The lowest BCUT2D eigenvalue weighted by molar-refractivity contribution is -0.00225. The van der Waals surface area contributed by atoms with Crippen LogP contribution in [0.1, 0.15) is 52.7 Å². The zero-order valence-corrected chi connectivity index (χ0v) is 15.4. The summed E-state index contributed by atoms with van der Waals surface area (Å²) in [5.74, 6) is 1.01. The molecular formula is C22H30O. The van der Waals surface area contributed by atoms with E-state index in [2.05, 4.69) is 96.1 Å². The molecule has 1 nitrogen and oxygen atoms in total. The summed E-state index contributed by atoms with van der Waals surface area (Å²) in [5, 5.41) is 0. The lowest BCUT2D eigenvalue weighted by atomic mass is 9.74. The van der Waals surface area contributed by atoms with Gasteiger partial charge in [0.05, 0.1) is 0 Å². The van der Waals surface area contributed by atoms with Crippen LogP contribution in [0.2, 0.25) is 0 Å². The topological polar surface area (TPSA) is 9.23 Å². The molecule has 0 radical (unpaired) electrons. The summed E-state index contributed by atoms with van der Waals surface area (Å²) >= 11 is 0. The van der Waals surface area contributed by atoms with Crippen LogP contribution in [0, 0.1) is 10.8 Å². The van der Waals surface area contributed by atoms with Crippen molar-refractivity contribution < 1.29 is 4.74 Å². The Morgan fingerprint density at radius 1 is 0.739 bits per heavy atom. The summed E-state index contributed by atoms with van der Waals surface area (Å²) in [5.41, 5.74) is 2.72. The quantitative estimate of drug-likeness (QED) is 0.661. The van der Waals surface area contributed by atoms with Crippen molar-refractivity contribution in [1.29, 1.82) is 0 Å². The monoisotopic (exact) mass is 310 g/mol. The van der Waals surface area contributed by atoms with E-state index in [1.165, 1.54) is 11.1 Å². The maximum Gasteiger partial charge on any atom is 0.123 e. The average molecular weight is 310 g/mol. The van der Waals surface area contributed by atoms with Crippen LogP contribution in [0.3, 0.4) is 0 Å². The van der Waals surface area contributed by atoms with Gasteiger partial charge in [-0.15, -0.1) is 0 Å². The van der Waals surface area contributed by atoms with Crippen LogP contribution in [-0.2, 0) is 6.42 Å². The first kappa shape index (κ1) is 17.6. The minimum atomic E-state index is 0.0815. The Labute approximate surface area is 141 Å². The predicted octanol–water partition coefficient (Wildman–Crippen LogP) is 6.12. The van der Waals surface area contributed by atoms with Gasteiger partial charge in [0, 0.05) is 6.42 Å². The molecule has 0 unspecified atom stereocenters. The molecule has 124 valence electrons. The first-order chi connectivity index (χ1) is 10.7. The van der Waals surface area contributed by atoms with Gasteiger partial charge in [0.15, 0.2) is 0 Å². The second kappa shape index (κ2) is 6.78. The van der Waals surface area contributed by atoms with Gasteiger partial charge in [-0.05, 0) is 28.0 Å². The van der Waals surface area contributed by atoms with Crippen LogP contribution < -0.4 is 4.74 Å². The van der Waals surface area contributed by atoms with Gasteiger partial charge < -0.3 is 4.74 Å². The highest BCUT2D eigenvalue weighted by molar-refractivity contribution is 5.37. The molecule has 1 heteroatoms. The Morgan fingerprint density at radius 3 is 1.83 bits per heavy atom. The third kappa shape index (κ3) is 4.86. The highest BCUT2D eigenvalue weighted by atomic mass is 16.5. The zero-order chi connectivity index (χ0) is 17.1. The molecule has 23 heavy (non-hydrogen) atoms. The van der Waals surface area contributed by atoms with E-state index in [-0.39, 0.29) is 16.9 Å². The highest BCUT2D eigenvalue weighted by Gasteiger charge is 2.37. The summed E-state index contributed by atoms with van der Waals surface area (Å²) in [7, 11) is 0. The SMILES string of the molecule is CC(C)(C)C(Oc1ccccc1Cc1ccccc1)C(C)(C)C. The average Bonchev–Trinajstić information content (AvgIpc) is 2.45. The number of benzene rings is 2. The Morgan fingerprint density at radius 2 is 1.26 bits per heavy atom. The Bertz CT molecular complexity index is 600. The second-order valence-corrected chi connectivity index (χ2v) is 8.50. The van der Waals surface area contributed by atoms with Crippen molar-refractivity contribution in [3.8, 4) is 5.75 Å². The molecule has 0 aliphatic carbocycles. The molecule has 0 aliphatic rings. The predicted molar refractivity (Wildman–Crippen MR) is 99.0 cm³/mol. The van der Waals surface area contributed by atoms with E-state index in [0.717, 1.165) is 12.2 Å². The third-order valence-electron chi connectivity index (χ3n) is 4.03. The number of hydrogen-bond acceptors (Lipinski definition) is 1. The van der Waals surface area contributed by atoms with E-state index in [4.69, 9.17) is 4.74 Å². The summed E-state index contributed by atoms with van der Waals surface area (Å²) in [6.07, 6.45) is 1.05. The third-order valence-corrected chi connectivity index (χ3v) is 4.03. The van der Waals surface area contributed by atoms with E-state index in [0.29, 0.717) is 0 Å². The van der Waals surface area contributed by atoms with Gasteiger partial charge in [0.1, 0.15) is 11.9 Å². The van der Waals surface area contributed by atoms with E-state index in [1.807, 2.05) is 0 Å². The van der Waals surface area contributed by atoms with Crippen LogP contribution in [0.15, 0.2) is 54.6 Å². The van der Waals surface area contributed by atoms with E-state index < -0.39 is 0 Å². The first-order valence-electron chi connectivity index (χ1n) is 8.46. The molecule has 0 saturated carbocycles. The van der Waals surface area contributed by atoms with Crippen molar-refractivity contribution in [2.45, 2.75) is 54.1 Å². The van der Waals surface area contributed by atoms with Crippen LogP contribution in [0.25, 0.3) is 0 Å². The fourth-order valence-electron chi connectivity index (χ4n) is 3.36. The smallest absolute Gasteiger partial charge is 0.123 e. The summed E-state index contributed by atoms with van der Waals surface area (Å²) in [6, 6.07) is 19.0. The van der Waals surface area contributed by atoms with Gasteiger partial charge in [-0.2, -0.15) is 0 Å². The number of para-hydroxylation sites is 1. The molecule has 0 fully saturated rings. The summed E-state index contributed by atoms with van der Waals surface area (Å²) in [6.45, 7) is 13.5. The van der Waals surface area contributed by atoms with Gasteiger partial charge in [-0.3, -0.25) is 0 Å². The van der Waals surface area contributed by atoms with Crippen molar-refractivity contribution in [2.24, 2.45) is 10.8 Å². The fraction of sp³-hybridized carbons (Fsp3) is 0.455. The number of rotatable bonds is 4. The Hall–Kier alpha value is -1.76. The molecule has 0 heterocycles. The molecule has 0 spiro atoms. The minimum absolute atomic E-state index is 0.0815. The Kier molecular flexibility index (Phi) is 5.19. The maximum atomic E-state index is 6.55. The molecule has 0 aromatic heterocycles. The van der Waals surface area contributed by atoms with Crippen LogP contribution in [0.5, 0.6) is 5.75 Å². The lowest BCUT2D eigenvalue weighted by Crippen LogP contribution is -2.43. The van der Waals surface area contributed by atoms with Crippen molar-refractivity contribution in [3.05, 3.63) is 65.7 Å². The van der Waals surface area contributed by atoms with Crippen LogP contribution in [-0.4, -0.2) is 6.10 Å². The van der Waals surface area contributed by atoms with Crippen molar-refractivity contribution in [2.75, 3.05) is 0 Å². The highest BCUT2D eigenvalue weighted by Crippen LogP contribution is 2.38. The molecule has 0 atom stereocenters. The first-order valence-corrected chi connectivity index (χ1v) is 8.46. The molecule has 2 aromatic rings. The van der Waals surface area contributed by atoms with Gasteiger partial charge in [0.25, 0.3) is 0 Å². The normalized spacial score (nSPS) is 12.5. The summed E-state index contributed by atoms with van der Waals surface area (Å²) < 4.78 is 6.55. The van der Waals surface area contributed by atoms with Crippen LogP contribution in [0.4, 0.5) is 0 Å². The Balaban J connectivity index is 2.29. The molecule has 2 rings (SSSR count). The molecule has 2 aromatic carbocycles. The minimum Gasteiger partial charge on any atom is -0.489 e. The standard InChI is InChI=1S/C22H30O/c1-21(2,3)20(22(4,5)6)23-19-15-11-10-14-18(19)16-17-12-8-7-9-13-17/h7-15,20H,16H2,1-6H3. The molecule has 0 aliphatic heterocycles. The number of hydrogen-bond donors (Lipinski definition) is 0. The van der Waals surface area contributed by atoms with Gasteiger partial charge in [-0.1, -0.05) is 90.1 Å². The molecular weight excluding hydrogens is 280 g/mol. The molecule has 0 bridgehead atoms. The fourth-order valence-corrected chi connectivity index (χ4v) is 3.36. The van der Waals surface area contributed by atoms with Crippen molar-refractivity contribution >= 4 is 0 Å². The maximum absolute atomic E-state index is 6.55. The van der Waals surface area contributed by atoms with E-state index in [1.54, 1.807) is 0 Å². The van der Waals surface area contributed by atoms with Crippen molar-refractivity contribution in [3.63, 3.8) is 0 Å². The zero-order valence-electron chi connectivity index (χ0n) is 15.4. The lowest BCUT2D eigenvalue weighted by Gasteiger charge is -2.40. The van der Waals surface area contributed by atoms with Crippen molar-refractivity contribution in [1.82, 2.24) is 0 Å². The summed E-state index contributed by atoms with van der Waals surface area (Å²) in [4.78, 5) is 0. The van der Waals surface area contributed by atoms with E-state index in [9.17, 15) is 0 Å². The van der Waals surface area contributed by atoms with Gasteiger partial charge >= 0.3 is 0 Å².